The van der Waals surface area contributed by atoms with Crippen LogP contribution in [0.25, 0.3) is 0 Å². The van der Waals surface area contributed by atoms with Gasteiger partial charge in [-0.15, -0.1) is 0 Å². The van der Waals surface area contributed by atoms with Gasteiger partial charge in [0, 0.05) is 25.0 Å². The summed E-state index contributed by atoms with van der Waals surface area (Å²) in [6, 6.07) is 4.89. The maximum atomic E-state index is 12.2. The van der Waals surface area contributed by atoms with E-state index in [0.717, 1.165) is 24.9 Å². The molecule has 31 heavy (non-hydrogen) atoms. The quantitative estimate of drug-likeness (QED) is 0.641. The van der Waals surface area contributed by atoms with Crippen LogP contribution in [-0.4, -0.2) is 75.7 Å². The third-order valence-corrected chi connectivity index (χ3v) is 6.22. The molecule has 3 rings (SSSR count). The Balaban J connectivity index is 1.80. The number of hydrogen-bond acceptors (Lipinski definition) is 7. The van der Waals surface area contributed by atoms with Gasteiger partial charge >= 0.3 is 12.1 Å². The molecule has 0 spiro atoms. The van der Waals surface area contributed by atoms with Crippen LogP contribution >= 0.6 is 0 Å². The number of benzene rings is 1. The highest BCUT2D eigenvalue weighted by atomic mass is 16.6. The lowest BCUT2D eigenvalue weighted by Gasteiger charge is -2.40. The van der Waals surface area contributed by atoms with E-state index in [9.17, 15) is 9.59 Å². The van der Waals surface area contributed by atoms with Crippen molar-refractivity contribution in [3.8, 4) is 11.5 Å². The van der Waals surface area contributed by atoms with Crippen LogP contribution in [0.5, 0.6) is 11.5 Å². The molecule has 0 aromatic heterocycles. The maximum Gasteiger partial charge on any atom is 0.413 e. The molecule has 1 saturated heterocycles. The number of likely N-dealkylation sites (N-methyl/N-ethyl adjacent to an activating group) is 1. The van der Waals surface area contributed by atoms with E-state index in [-0.39, 0.29) is 18.1 Å². The number of rotatable bonds is 8. The maximum absolute atomic E-state index is 12.2. The van der Waals surface area contributed by atoms with Crippen LogP contribution in [-0.2, 0) is 19.7 Å². The molecule has 1 aliphatic heterocycles. The first-order chi connectivity index (χ1) is 14.8. The van der Waals surface area contributed by atoms with Gasteiger partial charge in [-0.2, -0.15) is 0 Å². The summed E-state index contributed by atoms with van der Waals surface area (Å²) < 4.78 is 21.2. The highest BCUT2D eigenvalue weighted by Crippen LogP contribution is 2.49. The van der Waals surface area contributed by atoms with Gasteiger partial charge in [-0.1, -0.05) is 6.07 Å². The summed E-state index contributed by atoms with van der Waals surface area (Å²) in [5, 5.41) is 11.5. The smallest absolute Gasteiger partial charge is 0.413 e. The Kier molecular flexibility index (Phi) is 7.07. The summed E-state index contributed by atoms with van der Waals surface area (Å²) in [7, 11) is 6.65. The average molecular weight is 434 g/mol. The third-order valence-electron chi connectivity index (χ3n) is 6.22. The molecule has 170 valence electrons. The first-order valence-electron chi connectivity index (χ1n) is 10.2. The van der Waals surface area contributed by atoms with Gasteiger partial charge in [-0.05, 0) is 50.2 Å². The minimum Gasteiger partial charge on any atom is -0.493 e. The zero-order valence-electron chi connectivity index (χ0n) is 18.3. The Morgan fingerprint density at radius 3 is 2.61 bits per heavy atom. The topological polar surface area (TPSA) is 107 Å². The Hall–Kier alpha value is -2.78. The summed E-state index contributed by atoms with van der Waals surface area (Å²) in [6.07, 6.45) is 3.49. The Morgan fingerprint density at radius 2 is 1.97 bits per heavy atom. The number of methoxy groups -OCH3 is 3. The highest BCUT2D eigenvalue weighted by molar-refractivity contribution is 5.80. The van der Waals surface area contributed by atoms with Crippen LogP contribution in [0.2, 0.25) is 0 Å². The lowest BCUT2D eigenvalue weighted by molar-refractivity contribution is -0.140. The molecule has 2 N–H and O–H groups in total. The van der Waals surface area contributed by atoms with Gasteiger partial charge in [0.25, 0.3) is 0 Å². The molecule has 1 fully saturated rings. The summed E-state index contributed by atoms with van der Waals surface area (Å²) in [5.41, 5.74) is 1.03. The largest absolute Gasteiger partial charge is 0.493 e. The fourth-order valence-corrected chi connectivity index (χ4v) is 4.57. The van der Waals surface area contributed by atoms with Crippen LogP contribution in [0.3, 0.4) is 0 Å². The number of hydrogen-bond donors (Lipinski definition) is 2. The molecule has 0 unspecified atom stereocenters. The summed E-state index contributed by atoms with van der Waals surface area (Å²) >= 11 is 0. The number of likely N-dealkylation sites (tertiary alicyclic amines) is 1. The fourth-order valence-electron chi connectivity index (χ4n) is 4.57. The molecule has 1 aromatic carbocycles. The van der Waals surface area contributed by atoms with Gasteiger partial charge in [-0.3, -0.25) is 4.90 Å². The zero-order valence-corrected chi connectivity index (χ0v) is 18.3. The lowest BCUT2D eigenvalue weighted by Crippen LogP contribution is -2.45. The first kappa shape index (κ1) is 22.9. The van der Waals surface area contributed by atoms with E-state index in [1.54, 1.807) is 14.2 Å². The summed E-state index contributed by atoms with van der Waals surface area (Å²) in [6.45, 7) is 0.765. The summed E-state index contributed by atoms with van der Waals surface area (Å²) in [5.74, 6) is 0.723. The molecule has 0 bridgehead atoms. The van der Waals surface area contributed by atoms with Crippen LogP contribution < -0.4 is 14.8 Å². The number of aliphatic carboxylic acids is 1. The van der Waals surface area contributed by atoms with Crippen molar-refractivity contribution in [1.29, 1.82) is 0 Å². The molecule has 0 radical (unpaired) electrons. The van der Waals surface area contributed by atoms with Crippen LogP contribution in [0.4, 0.5) is 4.79 Å². The van der Waals surface area contributed by atoms with Crippen molar-refractivity contribution < 1.29 is 33.6 Å². The van der Waals surface area contributed by atoms with Gasteiger partial charge in [0.2, 0.25) is 0 Å². The normalized spacial score (nSPS) is 24.0. The molecule has 3 atom stereocenters. The average Bonchev–Trinajstić information content (AvgIpc) is 3.10. The number of nitrogens with zero attached hydrogens (tertiary/aromatic N) is 1. The number of alkyl carbamates (subject to hydrolysis) is 1. The molecule has 1 aliphatic carbocycles. The van der Waals surface area contributed by atoms with Gasteiger partial charge in [-0.25, -0.2) is 9.59 Å². The van der Waals surface area contributed by atoms with E-state index in [4.69, 9.17) is 24.1 Å². The van der Waals surface area contributed by atoms with E-state index in [0.29, 0.717) is 23.7 Å². The van der Waals surface area contributed by atoms with Crippen molar-refractivity contribution in [1.82, 2.24) is 10.2 Å². The minimum atomic E-state index is -1.18. The Bertz CT molecular complexity index is 856. The van der Waals surface area contributed by atoms with Crippen molar-refractivity contribution in [2.45, 2.75) is 36.8 Å². The van der Waals surface area contributed by atoms with E-state index in [1.165, 1.54) is 7.11 Å². The second-order valence-electron chi connectivity index (χ2n) is 7.91. The lowest BCUT2D eigenvalue weighted by atomic mass is 9.68. The number of fused-ring (bicyclic) bond motifs is 1. The standard InChI is InChI=1S/C22H30N2O7/c1-24-10-9-22(14-5-6-17(29-3)18(11-14)30-4)8-7-15(12-19(22)24)31-21(27)23-16(13-28-2)20(25)26/h5-6,11-12,16,19H,7-10,13H2,1-4H3,(H,23,27)(H,25,26)/t16-,19+,22+/m1/s1. The number of allylic oxidation sites excluding steroid dienone is 1. The predicted molar refractivity (Wildman–Crippen MR) is 112 cm³/mol. The number of carbonyl (C=O) groups is 2. The van der Waals surface area contributed by atoms with Crippen LogP contribution in [0.15, 0.2) is 30.0 Å². The van der Waals surface area contributed by atoms with Crippen molar-refractivity contribution >= 4 is 12.1 Å². The number of carbonyl (C=O) groups excluding carboxylic acids is 1. The van der Waals surface area contributed by atoms with Gasteiger partial charge < -0.3 is 29.4 Å². The van der Waals surface area contributed by atoms with Crippen LogP contribution in [0, 0.1) is 0 Å². The van der Waals surface area contributed by atoms with Crippen molar-refractivity contribution in [2.75, 3.05) is 41.5 Å². The molecule has 0 saturated carbocycles. The van der Waals surface area contributed by atoms with Crippen molar-refractivity contribution in [2.24, 2.45) is 0 Å². The molecule has 9 heteroatoms. The molecular formula is C22H30N2O7. The van der Waals surface area contributed by atoms with Gasteiger partial charge in [0.05, 0.1) is 20.8 Å². The van der Waals surface area contributed by atoms with E-state index in [1.807, 2.05) is 25.3 Å². The third kappa shape index (κ3) is 4.62. The number of ether oxygens (including phenoxy) is 4. The van der Waals surface area contributed by atoms with E-state index in [2.05, 4.69) is 16.3 Å². The van der Waals surface area contributed by atoms with E-state index >= 15 is 0 Å². The molecule has 1 heterocycles. The monoisotopic (exact) mass is 434 g/mol. The number of nitrogens with one attached hydrogen (secondary N) is 1. The zero-order chi connectivity index (χ0) is 22.6. The Morgan fingerprint density at radius 1 is 1.23 bits per heavy atom. The Labute approximate surface area is 181 Å². The van der Waals surface area contributed by atoms with Gasteiger partial charge in [0.15, 0.2) is 17.5 Å². The highest BCUT2D eigenvalue weighted by Gasteiger charge is 2.48. The second kappa shape index (κ2) is 9.57. The summed E-state index contributed by atoms with van der Waals surface area (Å²) in [4.78, 5) is 25.7. The SMILES string of the molecule is COC[C@@H](NC(=O)OC1=C[C@@H]2N(C)CC[C@]2(c2ccc(OC)c(OC)c2)CC1)C(=O)O. The van der Waals surface area contributed by atoms with E-state index < -0.39 is 18.1 Å². The number of carboxylic acid groups (broad SMARTS) is 1. The molecule has 1 aromatic rings. The van der Waals surface area contributed by atoms with Crippen molar-refractivity contribution in [3.05, 3.63) is 35.6 Å². The minimum absolute atomic E-state index is 0.0383. The fraction of sp³-hybridized carbons (Fsp3) is 0.545. The number of carboxylic acids is 1. The molecular weight excluding hydrogens is 404 g/mol. The molecule has 1 amide bonds. The molecule has 2 aliphatic rings. The predicted octanol–water partition coefficient (Wildman–Crippen LogP) is 2.15. The van der Waals surface area contributed by atoms with Crippen LogP contribution in [0.1, 0.15) is 24.8 Å². The van der Waals surface area contributed by atoms with Gasteiger partial charge in [0.1, 0.15) is 5.76 Å². The second-order valence-corrected chi connectivity index (χ2v) is 7.91. The number of amides is 1. The molecule has 9 nitrogen and oxygen atoms in total. The van der Waals surface area contributed by atoms with Crippen molar-refractivity contribution in [3.63, 3.8) is 0 Å². The first-order valence-corrected chi connectivity index (χ1v) is 10.2.